The first-order chi connectivity index (χ1) is 14.1. The molecule has 3 aromatic carbocycles. The van der Waals surface area contributed by atoms with Crippen molar-refractivity contribution in [3.63, 3.8) is 0 Å². The van der Waals surface area contributed by atoms with Crippen molar-refractivity contribution in [2.24, 2.45) is 0 Å². The third-order valence-electron chi connectivity index (χ3n) is 4.76. The Labute approximate surface area is 170 Å². The van der Waals surface area contributed by atoms with Gasteiger partial charge in [0.1, 0.15) is 6.61 Å². The molecular weight excluding hydrogens is 364 g/mol. The average molecular weight is 388 g/mol. The number of anilines is 3. The van der Waals surface area contributed by atoms with Gasteiger partial charge in [-0.2, -0.15) is 0 Å². The maximum absolute atomic E-state index is 12.6. The molecule has 5 heteroatoms. The van der Waals surface area contributed by atoms with Gasteiger partial charge in [0.25, 0.3) is 5.91 Å². The SMILES string of the molecule is CC(C)N(c1ccccc1)c1ccc(NC(=O)[C@@H]2COc3ccccc3O2)cc1. The average Bonchev–Trinajstić information content (AvgIpc) is 2.75. The predicted molar refractivity (Wildman–Crippen MR) is 115 cm³/mol. The number of ether oxygens (including phenoxy) is 2. The minimum atomic E-state index is -0.680. The van der Waals surface area contributed by atoms with Gasteiger partial charge in [0.15, 0.2) is 11.5 Å². The van der Waals surface area contributed by atoms with Crippen LogP contribution < -0.4 is 19.7 Å². The molecule has 1 aliphatic heterocycles. The molecule has 0 radical (unpaired) electrons. The van der Waals surface area contributed by atoms with Crippen LogP contribution in [0.5, 0.6) is 11.5 Å². The van der Waals surface area contributed by atoms with Crippen molar-refractivity contribution in [2.45, 2.75) is 26.0 Å². The van der Waals surface area contributed by atoms with E-state index in [0.29, 0.717) is 17.5 Å². The quantitative estimate of drug-likeness (QED) is 0.667. The van der Waals surface area contributed by atoms with E-state index in [-0.39, 0.29) is 12.5 Å². The van der Waals surface area contributed by atoms with Gasteiger partial charge in [0, 0.05) is 23.1 Å². The Kier molecular flexibility index (Phi) is 5.38. The molecule has 5 nitrogen and oxygen atoms in total. The molecule has 1 atom stereocenters. The minimum Gasteiger partial charge on any atom is -0.485 e. The van der Waals surface area contributed by atoms with Crippen molar-refractivity contribution >= 4 is 23.0 Å². The molecule has 1 heterocycles. The summed E-state index contributed by atoms with van der Waals surface area (Å²) in [5, 5.41) is 2.92. The van der Waals surface area contributed by atoms with Crippen molar-refractivity contribution in [1.29, 1.82) is 0 Å². The normalized spacial score (nSPS) is 15.1. The lowest BCUT2D eigenvalue weighted by Gasteiger charge is -2.29. The number of nitrogens with one attached hydrogen (secondary N) is 1. The number of nitrogens with zero attached hydrogens (tertiary/aromatic N) is 1. The second-order valence-corrected chi connectivity index (χ2v) is 7.20. The van der Waals surface area contributed by atoms with Gasteiger partial charge in [0.05, 0.1) is 0 Å². The van der Waals surface area contributed by atoms with Crippen molar-refractivity contribution < 1.29 is 14.3 Å². The maximum Gasteiger partial charge on any atom is 0.269 e. The van der Waals surface area contributed by atoms with Crippen LogP contribution in [0.4, 0.5) is 17.1 Å². The van der Waals surface area contributed by atoms with Gasteiger partial charge in [-0.25, -0.2) is 0 Å². The highest BCUT2D eigenvalue weighted by molar-refractivity contribution is 5.95. The molecule has 3 aromatic rings. The van der Waals surface area contributed by atoms with E-state index in [4.69, 9.17) is 9.47 Å². The molecule has 148 valence electrons. The van der Waals surface area contributed by atoms with E-state index in [1.165, 1.54) is 0 Å². The molecule has 1 aliphatic rings. The summed E-state index contributed by atoms with van der Waals surface area (Å²) in [6.07, 6.45) is -0.680. The summed E-state index contributed by atoms with van der Waals surface area (Å²) in [5.41, 5.74) is 2.92. The van der Waals surface area contributed by atoms with Gasteiger partial charge < -0.3 is 19.7 Å². The second-order valence-electron chi connectivity index (χ2n) is 7.20. The van der Waals surface area contributed by atoms with E-state index in [9.17, 15) is 4.79 Å². The van der Waals surface area contributed by atoms with Gasteiger partial charge in [-0.1, -0.05) is 30.3 Å². The number of carbonyl (C=O) groups excluding carboxylic acids is 1. The molecule has 29 heavy (non-hydrogen) atoms. The number of para-hydroxylation sites is 3. The Morgan fingerprint density at radius 1 is 0.897 bits per heavy atom. The summed E-state index contributed by atoms with van der Waals surface area (Å²) >= 11 is 0. The highest BCUT2D eigenvalue weighted by Gasteiger charge is 2.27. The standard InChI is InChI=1S/C24H24N2O3/c1-17(2)26(19-8-4-3-5-9-19)20-14-12-18(13-15-20)25-24(27)23-16-28-21-10-6-7-11-22(21)29-23/h3-15,17,23H,16H2,1-2H3,(H,25,27)/t23-/m0/s1. The van der Waals surface area contributed by atoms with Crippen molar-refractivity contribution in [1.82, 2.24) is 0 Å². The molecule has 4 rings (SSSR count). The van der Waals surface area contributed by atoms with Gasteiger partial charge in [-0.3, -0.25) is 4.79 Å². The van der Waals surface area contributed by atoms with E-state index in [2.05, 4.69) is 36.2 Å². The summed E-state index contributed by atoms with van der Waals surface area (Å²) in [6, 6.07) is 25.7. The number of hydrogen-bond acceptors (Lipinski definition) is 4. The molecule has 0 saturated carbocycles. The monoisotopic (exact) mass is 388 g/mol. The van der Waals surface area contributed by atoms with Crippen molar-refractivity contribution in [3.05, 3.63) is 78.9 Å². The maximum atomic E-state index is 12.6. The number of benzene rings is 3. The fraction of sp³-hybridized carbons (Fsp3) is 0.208. The fourth-order valence-electron chi connectivity index (χ4n) is 3.41. The van der Waals surface area contributed by atoms with Crippen LogP contribution in [-0.2, 0) is 4.79 Å². The van der Waals surface area contributed by atoms with E-state index < -0.39 is 6.10 Å². The zero-order valence-corrected chi connectivity index (χ0v) is 16.5. The summed E-state index contributed by atoms with van der Waals surface area (Å²) in [6.45, 7) is 4.50. The number of rotatable bonds is 5. The molecule has 0 bridgehead atoms. The Balaban J connectivity index is 1.45. The second kappa shape index (κ2) is 8.27. The predicted octanol–water partition coefficient (Wildman–Crippen LogP) is 5.01. The molecule has 0 spiro atoms. The van der Waals surface area contributed by atoms with Crippen LogP contribution in [0.2, 0.25) is 0 Å². The van der Waals surface area contributed by atoms with Gasteiger partial charge in [-0.15, -0.1) is 0 Å². The number of amides is 1. The molecule has 1 amide bonds. The lowest BCUT2D eigenvalue weighted by molar-refractivity contribution is -0.125. The Morgan fingerprint density at radius 2 is 1.52 bits per heavy atom. The highest BCUT2D eigenvalue weighted by Crippen LogP contribution is 2.32. The van der Waals surface area contributed by atoms with Crippen molar-refractivity contribution in [2.75, 3.05) is 16.8 Å². The zero-order valence-electron chi connectivity index (χ0n) is 16.5. The van der Waals surface area contributed by atoms with Crippen LogP contribution in [-0.4, -0.2) is 24.7 Å². The first-order valence-corrected chi connectivity index (χ1v) is 9.75. The molecule has 0 saturated heterocycles. The van der Waals surface area contributed by atoms with Crippen LogP contribution >= 0.6 is 0 Å². The summed E-state index contributed by atoms with van der Waals surface area (Å²) in [7, 11) is 0. The lowest BCUT2D eigenvalue weighted by Crippen LogP contribution is -2.40. The number of fused-ring (bicyclic) bond motifs is 1. The molecule has 1 N–H and O–H groups in total. The van der Waals surface area contributed by atoms with E-state index in [1.54, 1.807) is 6.07 Å². The summed E-state index contributed by atoms with van der Waals surface area (Å²) in [5.74, 6) is 1.02. The van der Waals surface area contributed by atoms with Crippen LogP contribution in [0.1, 0.15) is 13.8 Å². The number of hydrogen-bond donors (Lipinski definition) is 1. The smallest absolute Gasteiger partial charge is 0.269 e. The lowest BCUT2D eigenvalue weighted by atomic mass is 10.1. The third kappa shape index (κ3) is 4.19. The topological polar surface area (TPSA) is 50.8 Å². The van der Waals surface area contributed by atoms with E-state index in [0.717, 1.165) is 17.1 Å². The zero-order chi connectivity index (χ0) is 20.2. The fourth-order valence-corrected chi connectivity index (χ4v) is 3.41. The summed E-state index contributed by atoms with van der Waals surface area (Å²) in [4.78, 5) is 14.8. The Morgan fingerprint density at radius 3 is 2.21 bits per heavy atom. The van der Waals surface area contributed by atoms with E-state index in [1.807, 2.05) is 60.7 Å². The summed E-state index contributed by atoms with van der Waals surface area (Å²) < 4.78 is 11.4. The van der Waals surface area contributed by atoms with Gasteiger partial charge in [-0.05, 0) is 62.4 Å². The largest absolute Gasteiger partial charge is 0.485 e. The minimum absolute atomic E-state index is 0.191. The highest BCUT2D eigenvalue weighted by atomic mass is 16.6. The molecule has 0 aliphatic carbocycles. The van der Waals surface area contributed by atoms with Crippen LogP contribution in [0.3, 0.4) is 0 Å². The molecule has 0 aromatic heterocycles. The Hall–Kier alpha value is -3.47. The molecule has 0 unspecified atom stereocenters. The van der Waals surface area contributed by atoms with Crippen LogP contribution in [0.15, 0.2) is 78.9 Å². The van der Waals surface area contributed by atoms with Gasteiger partial charge in [0.2, 0.25) is 6.10 Å². The number of carbonyl (C=O) groups is 1. The molecular formula is C24H24N2O3. The van der Waals surface area contributed by atoms with Crippen LogP contribution in [0.25, 0.3) is 0 Å². The first-order valence-electron chi connectivity index (χ1n) is 9.75. The van der Waals surface area contributed by atoms with Gasteiger partial charge >= 0.3 is 0 Å². The third-order valence-corrected chi connectivity index (χ3v) is 4.76. The van der Waals surface area contributed by atoms with Crippen molar-refractivity contribution in [3.8, 4) is 11.5 Å². The molecule has 0 fully saturated rings. The van der Waals surface area contributed by atoms with E-state index >= 15 is 0 Å². The first kappa shape index (κ1) is 18.9. The van der Waals surface area contributed by atoms with Crippen LogP contribution in [0, 0.1) is 0 Å². The Bertz CT molecular complexity index is 971.